The van der Waals surface area contributed by atoms with Crippen molar-refractivity contribution in [1.29, 1.82) is 0 Å². The molecule has 1 aliphatic heterocycles. The van der Waals surface area contributed by atoms with Gasteiger partial charge in [0.15, 0.2) is 0 Å². The Morgan fingerprint density at radius 2 is 2.29 bits per heavy atom. The van der Waals surface area contributed by atoms with Crippen LogP contribution in [0.4, 0.5) is 4.39 Å². The van der Waals surface area contributed by atoms with Gasteiger partial charge in [-0.3, -0.25) is 4.79 Å². The van der Waals surface area contributed by atoms with Crippen LogP contribution in [0, 0.1) is 5.82 Å². The van der Waals surface area contributed by atoms with Gasteiger partial charge < -0.3 is 10.0 Å². The predicted octanol–water partition coefficient (Wildman–Crippen LogP) is 2.19. The van der Waals surface area contributed by atoms with E-state index in [9.17, 15) is 14.3 Å². The number of carbonyl (C=O) groups excluding carboxylic acids is 1. The molecule has 5 heteroatoms. The molecule has 1 saturated heterocycles. The van der Waals surface area contributed by atoms with E-state index < -0.39 is 11.9 Å². The molecule has 1 atom stereocenters. The average Bonchev–Trinajstić information content (AvgIpc) is 2.28. The second kappa shape index (κ2) is 5.14. The van der Waals surface area contributed by atoms with Crippen LogP contribution in [-0.4, -0.2) is 35.1 Å². The molecule has 0 aliphatic carbocycles. The Morgan fingerprint density at radius 1 is 1.53 bits per heavy atom. The minimum atomic E-state index is -0.538. The van der Waals surface area contributed by atoms with E-state index in [0.29, 0.717) is 17.4 Å². The highest BCUT2D eigenvalue weighted by atomic mass is 79.9. The third-order valence-corrected chi connectivity index (χ3v) is 3.52. The second-order valence-electron chi connectivity index (χ2n) is 4.14. The number of amides is 1. The van der Waals surface area contributed by atoms with E-state index in [1.165, 1.54) is 11.0 Å². The van der Waals surface area contributed by atoms with Gasteiger partial charge in [-0.2, -0.15) is 0 Å². The Kier molecular flexibility index (Phi) is 3.79. The molecule has 2 rings (SSSR count). The van der Waals surface area contributed by atoms with Crippen molar-refractivity contribution in [3.05, 3.63) is 34.1 Å². The zero-order valence-corrected chi connectivity index (χ0v) is 10.8. The number of piperidine rings is 1. The molecular formula is C12H13BrFNO2. The molecule has 1 aromatic rings. The van der Waals surface area contributed by atoms with E-state index in [4.69, 9.17) is 0 Å². The molecule has 1 amide bonds. The second-order valence-corrected chi connectivity index (χ2v) is 5.00. The van der Waals surface area contributed by atoms with Crippen LogP contribution in [0.2, 0.25) is 0 Å². The predicted molar refractivity (Wildman–Crippen MR) is 65.2 cm³/mol. The highest BCUT2D eigenvalue weighted by Crippen LogP contribution is 2.23. The van der Waals surface area contributed by atoms with Crippen LogP contribution in [0.15, 0.2) is 22.7 Å². The van der Waals surface area contributed by atoms with Gasteiger partial charge in [0.05, 0.1) is 11.7 Å². The van der Waals surface area contributed by atoms with E-state index in [2.05, 4.69) is 15.9 Å². The van der Waals surface area contributed by atoms with Crippen LogP contribution in [0.5, 0.6) is 0 Å². The summed E-state index contributed by atoms with van der Waals surface area (Å²) in [5, 5.41) is 9.51. The molecule has 0 spiro atoms. The van der Waals surface area contributed by atoms with Crippen molar-refractivity contribution in [2.45, 2.75) is 18.9 Å². The van der Waals surface area contributed by atoms with Gasteiger partial charge in [0.25, 0.3) is 5.91 Å². The molecule has 0 bridgehead atoms. The van der Waals surface area contributed by atoms with E-state index in [0.717, 1.165) is 6.42 Å². The summed E-state index contributed by atoms with van der Waals surface area (Å²) < 4.78 is 14.1. The van der Waals surface area contributed by atoms with E-state index >= 15 is 0 Å². The first-order valence-electron chi connectivity index (χ1n) is 5.51. The topological polar surface area (TPSA) is 40.5 Å². The summed E-state index contributed by atoms with van der Waals surface area (Å²) in [6.07, 6.45) is 0.944. The lowest BCUT2D eigenvalue weighted by Gasteiger charge is -2.30. The number of halogens is 2. The van der Waals surface area contributed by atoms with Gasteiger partial charge in [-0.15, -0.1) is 0 Å². The molecule has 17 heavy (non-hydrogen) atoms. The monoisotopic (exact) mass is 301 g/mol. The summed E-state index contributed by atoms with van der Waals surface area (Å²) >= 11 is 3.18. The lowest BCUT2D eigenvalue weighted by atomic mass is 10.1. The maximum Gasteiger partial charge on any atom is 0.258 e. The van der Waals surface area contributed by atoms with Gasteiger partial charge in [0, 0.05) is 17.6 Å². The SMILES string of the molecule is O=C(c1c(F)cccc1Br)N1CCCC(O)C1. The van der Waals surface area contributed by atoms with Crippen LogP contribution in [0.3, 0.4) is 0 Å². The third-order valence-electron chi connectivity index (χ3n) is 2.86. The van der Waals surface area contributed by atoms with Crippen molar-refractivity contribution < 1.29 is 14.3 Å². The number of rotatable bonds is 1. The van der Waals surface area contributed by atoms with Gasteiger partial charge in [-0.1, -0.05) is 6.07 Å². The van der Waals surface area contributed by atoms with Crippen molar-refractivity contribution in [3.8, 4) is 0 Å². The largest absolute Gasteiger partial charge is 0.391 e. The normalized spacial score (nSPS) is 20.4. The third kappa shape index (κ3) is 2.66. The Bertz CT molecular complexity index is 418. The number of β-amino-alcohol motifs (C(OH)–C–C–N with tert-alkyl or cyclic N) is 1. The van der Waals surface area contributed by atoms with E-state index in [-0.39, 0.29) is 18.0 Å². The fourth-order valence-electron chi connectivity index (χ4n) is 2.00. The minimum Gasteiger partial charge on any atom is -0.391 e. The Hall–Kier alpha value is -0.940. The Labute approximate surface area is 107 Å². The van der Waals surface area contributed by atoms with Gasteiger partial charge >= 0.3 is 0 Å². The summed E-state index contributed by atoms with van der Waals surface area (Å²) in [7, 11) is 0. The maximum atomic E-state index is 13.6. The fourth-order valence-corrected chi connectivity index (χ4v) is 2.51. The molecule has 1 N–H and O–H groups in total. The molecule has 0 aromatic heterocycles. The van der Waals surface area contributed by atoms with Gasteiger partial charge in [-0.25, -0.2) is 4.39 Å². The van der Waals surface area contributed by atoms with Crippen LogP contribution >= 0.6 is 15.9 Å². The van der Waals surface area contributed by atoms with Gasteiger partial charge in [0.2, 0.25) is 0 Å². The zero-order valence-electron chi connectivity index (χ0n) is 9.20. The fraction of sp³-hybridized carbons (Fsp3) is 0.417. The standard InChI is InChI=1S/C12H13BrFNO2/c13-9-4-1-5-10(14)11(9)12(17)15-6-2-3-8(16)7-15/h1,4-5,8,16H,2-3,6-7H2. The van der Waals surface area contributed by atoms with Crippen molar-refractivity contribution in [1.82, 2.24) is 4.90 Å². The summed E-state index contributed by atoms with van der Waals surface area (Å²) in [4.78, 5) is 13.6. The summed E-state index contributed by atoms with van der Waals surface area (Å²) in [6.45, 7) is 0.844. The summed E-state index contributed by atoms with van der Waals surface area (Å²) in [6, 6.07) is 4.44. The molecule has 1 unspecified atom stereocenters. The minimum absolute atomic E-state index is 0.0431. The number of nitrogens with zero attached hydrogens (tertiary/aromatic N) is 1. The zero-order chi connectivity index (χ0) is 12.4. The highest BCUT2D eigenvalue weighted by molar-refractivity contribution is 9.10. The summed E-state index contributed by atoms with van der Waals surface area (Å²) in [5.74, 6) is -0.904. The number of likely N-dealkylation sites (tertiary alicyclic amines) is 1. The van der Waals surface area contributed by atoms with Crippen molar-refractivity contribution in [2.24, 2.45) is 0 Å². The number of aliphatic hydroxyl groups excluding tert-OH is 1. The van der Waals surface area contributed by atoms with E-state index in [1.54, 1.807) is 12.1 Å². The van der Waals surface area contributed by atoms with E-state index in [1.807, 2.05) is 0 Å². The van der Waals surface area contributed by atoms with Gasteiger partial charge in [0.1, 0.15) is 5.82 Å². The smallest absolute Gasteiger partial charge is 0.258 e. The van der Waals surface area contributed by atoms with Crippen molar-refractivity contribution >= 4 is 21.8 Å². The van der Waals surface area contributed by atoms with Gasteiger partial charge in [-0.05, 0) is 40.9 Å². The molecule has 0 saturated carbocycles. The first kappa shape index (κ1) is 12.5. The molecular weight excluding hydrogens is 289 g/mol. The van der Waals surface area contributed by atoms with Crippen LogP contribution in [-0.2, 0) is 0 Å². The highest BCUT2D eigenvalue weighted by Gasteiger charge is 2.26. The number of hydrogen-bond donors (Lipinski definition) is 1. The average molecular weight is 302 g/mol. The number of hydrogen-bond acceptors (Lipinski definition) is 2. The molecule has 1 aromatic carbocycles. The molecule has 3 nitrogen and oxygen atoms in total. The lowest BCUT2D eigenvalue weighted by molar-refractivity contribution is 0.0469. The first-order valence-corrected chi connectivity index (χ1v) is 6.30. The summed E-state index contributed by atoms with van der Waals surface area (Å²) in [5.41, 5.74) is 0.0431. The molecule has 1 heterocycles. The number of carbonyl (C=O) groups is 1. The molecule has 0 radical (unpaired) electrons. The molecule has 92 valence electrons. The Balaban J connectivity index is 2.24. The first-order chi connectivity index (χ1) is 8.09. The Morgan fingerprint density at radius 3 is 2.94 bits per heavy atom. The molecule has 1 aliphatic rings. The van der Waals surface area contributed by atoms with Crippen LogP contribution in [0.25, 0.3) is 0 Å². The van der Waals surface area contributed by atoms with Crippen LogP contribution < -0.4 is 0 Å². The number of benzene rings is 1. The van der Waals surface area contributed by atoms with Crippen molar-refractivity contribution in [2.75, 3.05) is 13.1 Å². The number of aliphatic hydroxyl groups is 1. The molecule has 1 fully saturated rings. The lowest BCUT2D eigenvalue weighted by Crippen LogP contribution is -2.42. The maximum absolute atomic E-state index is 13.6. The quantitative estimate of drug-likeness (QED) is 0.864. The van der Waals surface area contributed by atoms with Crippen LogP contribution in [0.1, 0.15) is 23.2 Å². The van der Waals surface area contributed by atoms with Crippen molar-refractivity contribution in [3.63, 3.8) is 0 Å².